The van der Waals surface area contributed by atoms with Crippen molar-refractivity contribution < 1.29 is 4.92 Å². The largest absolute Gasteiger partial charge is 0.364 e. The number of nitro groups is 1. The third-order valence-corrected chi connectivity index (χ3v) is 4.87. The lowest BCUT2D eigenvalue weighted by molar-refractivity contribution is -0.384. The maximum atomic E-state index is 11.2. The van der Waals surface area contributed by atoms with Crippen LogP contribution in [0.25, 0.3) is 0 Å². The molecule has 1 saturated carbocycles. The smallest absolute Gasteiger partial charge is 0.294 e. The fraction of sp³-hybridized carbons (Fsp3) is 0.571. The van der Waals surface area contributed by atoms with Crippen LogP contribution in [-0.4, -0.2) is 24.1 Å². The van der Waals surface area contributed by atoms with Gasteiger partial charge in [0.15, 0.2) is 0 Å². The van der Waals surface area contributed by atoms with Crippen LogP contribution in [0.3, 0.4) is 0 Å². The van der Waals surface area contributed by atoms with Gasteiger partial charge in [-0.2, -0.15) is 0 Å². The van der Waals surface area contributed by atoms with Crippen molar-refractivity contribution >= 4 is 23.0 Å². The van der Waals surface area contributed by atoms with Crippen molar-refractivity contribution in [2.45, 2.75) is 25.3 Å². The number of fused-ring (bicyclic) bond motifs is 1. The molecule has 0 radical (unpaired) electrons. The van der Waals surface area contributed by atoms with E-state index in [-0.39, 0.29) is 16.7 Å². The molecule has 20 heavy (non-hydrogen) atoms. The van der Waals surface area contributed by atoms with Crippen molar-refractivity contribution in [2.75, 3.05) is 18.0 Å². The number of rotatable bonds is 2. The number of nitro benzene ring substituents is 1. The van der Waals surface area contributed by atoms with Gasteiger partial charge in [0.05, 0.1) is 9.95 Å². The second kappa shape index (κ2) is 5.22. The number of hydrogen-bond donors (Lipinski definition) is 1. The van der Waals surface area contributed by atoms with Crippen LogP contribution in [0.2, 0.25) is 5.02 Å². The molecule has 3 rings (SSSR count). The Morgan fingerprint density at radius 1 is 1.30 bits per heavy atom. The lowest BCUT2D eigenvalue weighted by Crippen LogP contribution is -2.32. The molecule has 2 N–H and O–H groups in total. The third-order valence-electron chi connectivity index (χ3n) is 4.57. The molecule has 1 aliphatic carbocycles. The predicted molar refractivity (Wildman–Crippen MR) is 79.1 cm³/mol. The van der Waals surface area contributed by atoms with E-state index in [1.54, 1.807) is 12.1 Å². The number of halogens is 1. The molecular weight excluding hydrogens is 278 g/mol. The normalized spacial score (nSPS) is 29.3. The standard InChI is InChI=1S/C14H18ClN3O2/c15-12-2-1-3-13(18(19)20)14(12)17-7-9-4-5-11(16)6-10(9)8-17/h1-3,9-11H,4-8,16H2/t9-,10+,11?/m1/s1. The Balaban J connectivity index is 1.89. The average molecular weight is 296 g/mol. The van der Waals surface area contributed by atoms with E-state index < -0.39 is 0 Å². The van der Waals surface area contributed by atoms with Gasteiger partial charge in [0, 0.05) is 25.2 Å². The molecule has 1 unspecified atom stereocenters. The molecule has 108 valence electrons. The minimum absolute atomic E-state index is 0.0976. The van der Waals surface area contributed by atoms with Gasteiger partial charge in [0.1, 0.15) is 5.69 Å². The number of para-hydroxylation sites is 1. The minimum Gasteiger partial charge on any atom is -0.364 e. The first-order chi connectivity index (χ1) is 9.56. The van der Waals surface area contributed by atoms with Crippen LogP contribution in [0, 0.1) is 22.0 Å². The fourth-order valence-electron chi connectivity index (χ4n) is 3.61. The minimum atomic E-state index is -0.352. The van der Waals surface area contributed by atoms with Gasteiger partial charge in [0.25, 0.3) is 5.69 Å². The van der Waals surface area contributed by atoms with E-state index in [1.807, 2.05) is 0 Å². The molecule has 6 heteroatoms. The van der Waals surface area contributed by atoms with E-state index in [4.69, 9.17) is 17.3 Å². The summed E-state index contributed by atoms with van der Waals surface area (Å²) in [6.07, 6.45) is 3.18. The lowest BCUT2D eigenvalue weighted by Gasteiger charge is -2.27. The summed E-state index contributed by atoms with van der Waals surface area (Å²) in [7, 11) is 0. The highest BCUT2D eigenvalue weighted by Gasteiger charge is 2.39. The van der Waals surface area contributed by atoms with E-state index in [0.29, 0.717) is 22.5 Å². The summed E-state index contributed by atoms with van der Waals surface area (Å²) in [5.74, 6) is 1.13. The van der Waals surface area contributed by atoms with Crippen molar-refractivity contribution in [1.29, 1.82) is 0 Å². The highest BCUT2D eigenvalue weighted by Crippen LogP contribution is 2.43. The summed E-state index contributed by atoms with van der Waals surface area (Å²) < 4.78 is 0. The molecule has 2 fully saturated rings. The molecule has 2 aliphatic rings. The molecule has 1 heterocycles. The van der Waals surface area contributed by atoms with Crippen LogP contribution in [0.5, 0.6) is 0 Å². The van der Waals surface area contributed by atoms with Crippen LogP contribution in [0.4, 0.5) is 11.4 Å². The molecular formula is C14H18ClN3O2. The van der Waals surface area contributed by atoms with E-state index >= 15 is 0 Å². The Bertz CT molecular complexity index is 537. The van der Waals surface area contributed by atoms with Crippen molar-refractivity contribution in [3.63, 3.8) is 0 Å². The molecule has 1 aliphatic heterocycles. The molecule has 1 aromatic carbocycles. The molecule has 0 bridgehead atoms. The topological polar surface area (TPSA) is 72.4 Å². The highest BCUT2D eigenvalue weighted by atomic mass is 35.5. The maximum Gasteiger partial charge on any atom is 0.294 e. The summed E-state index contributed by atoms with van der Waals surface area (Å²) in [6, 6.07) is 5.15. The first-order valence-corrected chi connectivity index (χ1v) is 7.37. The molecule has 0 amide bonds. The van der Waals surface area contributed by atoms with E-state index in [0.717, 1.165) is 32.4 Å². The summed E-state index contributed by atoms with van der Waals surface area (Å²) in [5, 5.41) is 11.7. The van der Waals surface area contributed by atoms with Crippen LogP contribution >= 0.6 is 11.6 Å². The molecule has 5 nitrogen and oxygen atoms in total. The zero-order chi connectivity index (χ0) is 14.3. The molecule has 1 saturated heterocycles. The van der Waals surface area contributed by atoms with Gasteiger partial charge in [0.2, 0.25) is 0 Å². The van der Waals surface area contributed by atoms with E-state index in [9.17, 15) is 10.1 Å². The summed E-state index contributed by atoms with van der Waals surface area (Å²) in [5.41, 5.74) is 6.70. The van der Waals surface area contributed by atoms with Crippen LogP contribution in [0.15, 0.2) is 18.2 Å². The van der Waals surface area contributed by atoms with Crippen LogP contribution in [-0.2, 0) is 0 Å². The number of anilines is 1. The van der Waals surface area contributed by atoms with Crippen molar-refractivity contribution in [3.8, 4) is 0 Å². The first kappa shape index (κ1) is 13.6. The predicted octanol–water partition coefficient (Wildman–Crippen LogP) is 2.81. The number of hydrogen-bond acceptors (Lipinski definition) is 4. The van der Waals surface area contributed by atoms with Crippen molar-refractivity contribution in [2.24, 2.45) is 17.6 Å². The summed E-state index contributed by atoms with van der Waals surface area (Å²) >= 11 is 6.21. The monoisotopic (exact) mass is 295 g/mol. The lowest BCUT2D eigenvalue weighted by atomic mass is 9.79. The van der Waals surface area contributed by atoms with Gasteiger partial charge >= 0.3 is 0 Å². The number of nitrogens with zero attached hydrogens (tertiary/aromatic N) is 2. The van der Waals surface area contributed by atoms with Gasteiger partial charge < -0.3 is 10.6 Å². The first-order valence-electron chi connectivity index (χ1n) is 6.99. The van der Waals surface area contributed by atoms with Gasteiger partial charge in [-0.3, -0.25) is 10.1 Å². The number of nitrogens with two attached hydrogens (primary N) is 1. The van der Waals surface area contributed by atoms with Crippen molar-refractivity contribution in [3.05, 3.63) is 33.3 Å². The molecule has 0 spiro atoms. The zero-order valence-corrected chi connectivity index (χ0v) is 11.9. The summed E-state index contributed by atoms with van der Waals surface area (Å²) in [4.78, 5) is 12.9. The Morgan fingerprint density at radius 2 is 2.05 bits per heavy atom. The third kappa shape index (κ3) is 2.36. The van der Waals surface area contributed by atoms with Gasteiger partial charge in [-0.25, -0.2) is 0 Å². The Labute approximate surface area is 122 Å². The van der Waals surface area contributed by atoms with Gasteiger partial charge in [-0.15, -0.1) is 0 Å². The average Bonchev–Trinajstić information content (AvgIpc) is 2.80. The number of benzene rings is 1. The second-order valence-corrected chi connectivity index (χ2v) is 6.27. The Morgan fingerprint density at radius 3 is 2.80 bits per heavy atom. The zero-order valence-electron chi connectivity index (χ0n) is 11.2. The van der Waals surface area contributed by atoms with Gasteiger partial charge in [-0.1, -0.05) is 17.7 Å². The maximum absolute atomic E-state index is 11.2. The van der Waals surface area contributed by atoms with Crippen molar-refractivity contribution in [1.82, 2.24) is 0 Å². The highest BCUT2D eigenvalue weighted by molar-refractivity contribution is 6.33. The SMILES string of the molecule is NC1CC[C@@H]2CN(c3c(Cl)cccc3[N+](=O)[O-])C[C@@H]2C1. The fourth-order valence-corrected chi connectivity index (χ4v) is 3.90. The van der Waals surface area contributed by atoms with E-state index in [2.05, 4.69) is 4.90 Å². The van der Waals surface area contributed by atoms with Gasteiger partial charge in [-0.05, 0) is 37.2 Å². The second-order valence-electron chi connectivity index (χ2n) is 5.86. The quantitative estimate of drug-likeness (QED) is 0.672. The summed E-state index contributed by atoms with van der Waals surface area (Å²) in [6.45, 7) is 1.67. The van der Waals surface area contributed by atoms with Crippen LogP contribution in [0.1, 0.15) is 19.3 Å². The van der Waals surface area contributed by atoms with E-state index in [1.165, 1.54) is 6.07 Å². The molecule has 3 atom stereocenters. The Kier molecular flexibility index (Phi) is 3.56. The van der Waals surface area contributed by atoms with Crippen LogP contribution < -0.4 is 10.6 Å². The molecule has 0 aromatic heterocycles. The molecule has 1 aromatic rings. The Hall–Kier alpha value is -1.33.